The van der Waals surface area contributed by atoms with E-state index >= 15 is 0 Å². The predicted octanol–water partition coefficient (Wildman–Crippen LogP) is 4.34. The van der Waals surface area contributed by atoms with Crippen molar-refractivity contribution in [2.75, 3.05) is 0 Å². The molecule has 3 rings (SSSR count). The summed E-state index contributed by atoms with van der Waals surface area (Å²) < 4.78 is 20.2. The van der Waals surface area contributed by atoms with Crippen LogP contribution in [0, 0.1) is 12.7 Å². The molecule has 3 nitrogen and oxygen atoms in total. The zero-order valence-corrected chi connectivity index (χ0v) is 13.3. The molecule has 1 aliphatic rings. The lowest BCUT2D eigenvalue weighted by atomic mass is 10.2. The molecule has 1 N–H and O–H groups in total. The smallest absolute Gasteiger partial charge is 0.223 e. The molecule has 0 radical (unpaired) electrons. The molecule has 0 spiro atoms. The third-order valence-electron chi connectivity index (χ3n) is 3.39. The maximum absolute atomic E-state index is 13.4. The summed E-state index contributed by atoms with van der Waals surface area (Å²) in [7, 11) is 0. The molecule has 0 bridgehead atoms. The first kappa shape index (κ1) is 14.5. The van der Waals surface area contributed by atoms with Crippen LogP contribution in [-0.4, -0.2) is 11.0 Å². The molecule has 5 heteroatoms. The molecule has 1 heterocycles. The Balaban J connectivity index is 1.80. The maximum Gasteiger partial charge on any atom is 0.223 e. The van der Waals surface area contributed by atoms with Crippen LogP contribution in [0.1, 0.15) is 24.0 Å². The van der Waals surface area contributed by atoms with Gasteiger partial charge in [-0.1, -0.05) is 15.9 Å². The summed E-state index contributed by atoms with van der Waals surface area (Å²) in [4.78, 5) is 4.08. The van der Waals surface area contributed by atoms with Crippen molar-refractivity contribution in [1.82, 2.24) is 10.3 Å². The number of ether oxygens (including phenoxy) is 1. The standard InChI is InChI=1S/C16H16BrFN2O/c1-10-6-14(4-5-15(10)17)21-16-11(7-12(18)9-20-16)8-19-13-2-3-13/h4-7,9,13,19H,2-3,8H2,1H3. The molecule has 110 valence electrons. The Kier molecular flexibility index (Phi) is 4.22. The van der Waals surface area contributed by atoms with Crippen LogP contribution in [0.25, 0.3) is 0 Å². The Hall–Kier alpha value is -1.46. The van der Waals surface area contributed by atoms with Crippen LogP contribution in [-0.2, 0) is 6.54 Å². The van der Waals surface area contributed by atoms with Crippen LogP contribution in [0.3, 0.4) is 0 Å². The summed E-state index contributed by atoms with van der Waals surface area (Å²) in [5.41, 5.74) is 1.81. The van der Waals surface area contributed by atoms with Crippen LogP contribution < -0.4 is 10.1 Å². The number of halogens is 2. The number of pyridine rings is 1. The third kappa shape index (κ3) is 3.80. The highest BCUT2D eigenvalue weighted by molar-refractivity contribution is 9.10. The highest BCUT2D eigenvalue weighted by atomic mass is 79.9. The number of hydrogen-bond acceptors (Lipinski definition) is 3. The average Bonchev–Trinajstić information content (AvgIpc) is 3.27. The predicted molar refractivity (Wildman–Crippen MR) is 83.0 cm³/mol. The number of aryl methyl sites for hydroxylation is 1. The lowest BCUT2D eigenvalue weighted by Crippen LogP contribution is -2.16. The SMILES string of the molecule is Cc1cc(Oc2ncc(F)cc2CNC2CC2)ccc1Br. The van der Waals surface area contributed by atoms with Gasteiger partial charge in [0.2, 0.25) is 5.88 Å². The van der Waals surface area contributed by atoms with Gasteiger partial charge < -0.3 is 10.1 Å². The second kappa shape index (κ2) is 6.12. The van der Waals surface area contributed by atoms with E-state index in [0.717, 1.165) is 15.6 Å². The summed E-state index contributed by atoms with van der Waals surface area (Å²) in [6, 6.07) is 7.74. The third-order valence-corrected chi connectivity index (χ3v) is 4.28. The number of nitrogens with one attached hydrogen (secondary N) is 1. The van der Waals surface area contributed by atoms with Crippen molar-refractivity contribution in [1.29, 1.82) is 0 Å². The molecule has 1 saturated carbocycles. The lowest BCUT2D eigenvalue weighted by molar-refractivity contribution is 0.448. The second-order valence-corrected chi connectivity index (χ2v) is 6.14. The van der Waals surface area contributed by atoms with Gasteiger partial charge in [-0.15, -0.1) is 0 Å². The minimum atomic E-state index is -0.345. The lowest BCUT2D eigenvalue weighted by Gasteiger charge is -2.11. The van der Waals surface area contributed by atoms with Gasteiger partial charge >= 0.3 is 0 Å². The van der Waals surface area contributed by atoms with Crippen molar-refractivity contribution in [2.45, 2.75) is 32.4 Å². The normalized spacial score (nSPS) is 14.2. The van der Waals surface area contributed by atoms with E-state index in [1.165, 1.54) is 25.1 Å². The number of hydrogen-bond donors (Lipinski definition) is 1. The van der Waals surface area contributed by atoms with Gasteiger partial charge in [-0.25, -0.2) is 9.37 Å². The van der Waals surface area contributed by atoms with E-state index in [2.05, 4.69) is 26.2 Å². The monoisotopic (exact) mass is 350 g/mol. The van der Waals surface area contributed by atoms with Crippen molar-refractivity contribution in [2.24, 2.45) is 0 Å². The van der Waals surface area contributed by atoms with Gasteiger partial charge in [0, 0.05) is 22.6 Å². The van der Waals surface area contributed by atoms with Gasteiger partial charge in [-0.05, 0) is 49.6 Å². The minimum Gasteiger partial charge on any atom is -0.439 e. The Morgan fingerprint density at radius 2 is 2.19 bits per heavy atom. The van der Waals surface area contributed by atoms with Crippen LogP contribution in [0.2, 0.25) is 0 Å². The van der Waals surface area contributed by atoms with Gasteiger partial charge in [0.1, 0.15) is 11.6 Å². The molecule has 0 amide bonds. The van der Waals surface area contributed by atoms with Gasteiger partial charge in [-0.3, -0.25) is 0 Å². The average molecular weight is 351 g/mol. The molecule has 21 heavy (non-hydrogen) atoms. The summed E-state index contributed by atoms with van der Waals surface area (Å²) >= 11 is 3.46. The number of rotatable bonds is 5. The molecule has 0 unspecified atom stereocenters. The zero-order chi connectivity index (χ0) is 14.8. The maximum atomic E-state index is 13.4. The summed E-state index contributed by atoms with van der Waals surface area (Å²) in [6.45, 7) is 2.56. The van der Waals surface area contributed by atoms with E-state index in [1.54, 1.807) is 0 Å². The second-order valence-electron chi connectivity index (χ2n) is 5.29. The molecule has 0 aliphatic heterocycles. The number of aromatic nitrogens is 1. The van der Waals surface area contributed by atoms with E-state index in [9.17, 15) is 4.39 Å². The first-order valence-corrected chi connectivity index (χ1v) is 7.73. The van der Waals surface area contributed by atoms with Gasteiger partial charge in [-0.2, -0.15) is 0 Å². The number of nitrogens with zero attached hydrogens (tertiary/aromatic N) is 1. The Morgan fingerprint density at radius 3 is 2.90 bits per heavy atom. The van der Waals surface area contributed by atoms with E-state index in [4.69, 9.17) is 4.74 Å². The number of benzene rings is 1. The molecule has 1 aliphatic carbocycles. The topological polar surface area (TPSA) is 34.1 Å². The van der Waals surface area contributed by atoms with Gasteiger partial charge in [0.25, 0.3) is 0 Å². The first-order chi connectivity index (χ1) is 10.1. The van der Waals surface area contributed by atoms with Crippen LogP contribution in [0.15, 0.2) is 34.9 Å². The summed E-state index contributed by atoms with van der Waals surface area (Å²) in [6.07, 6.45) is 3.55. The Morgan fingerprint density at radius 1 is 1.38 bits per heavy atom. The molecular formula is C16H16BrFN2O. The minimum absolute atomic E-state index is 0.345. The quantitative estimate of drug-likeness (QED) is 0.870. The molecular weight excluding hydrogens is 335 g/mol. The van der Waals surface area contributed by atoms with E-state index in [1.807, 2.05) is 25.1 Å². The molecule has 1 fully saturated rings. The molecule has 0 atom stereocenters. The molecule has 0 saturated heterocycles. The largest absolute Gasteiger partial charge is 0.439 e. The van der Waals surface area contributed by atoms with Crippen LogP contribution >= 0.6 is 15.9 Å². The highest BCUT2D eigenvalue weighted by Gasteiger charge is 2.21. The summed E-state index contributed by atoms with van der Waals surface area (Å²) in [5, 5.41) is 3.35. The van der Waals surface area contributed by atoms with Crippen LogP contribution in [0.5, 0.6) is 11.6 Å². The van der Waals surface area contributed by atoms with Crippen LogP contribution in [0.4, 0.5) is 4.39 Å². The van der Waals surface area contributed by atoms with Crippen molar-refractivity contribution in [3.8, 4) is 11.6 Å². The molecule has 1 aromatic carbocycles. The first-order valence-electron chi connectivity index (χ1n) is 6.93. The Labute approximate surface area is 131 Å². The molecule has 2 aromatic rings. The van der Waals surface area contributed by atoms with E-state index in [0.29, 0.717) is 24.2 Å². The summed E-state index contributed by atoms with van der Waals surface area (Å²) in [5.74, 6) is 0.802. The van der Waals surface area contributed by atoms with Crippen molar-refractivity contribution in [3.63, 3.8) is 0 Å². The fourth-order valence-corrected chi connectivity index (χ4v) is 2.27. The highest BCUT2D eigenvalue weighted by Crippen LogP contribution is 2.28. The Bertz CT molecular complexity index is 659. The fourth-order valence-electron chi connectivity index (χ4n) is 2.02. The fraction of sp³-hybridized carbons (Fsp3) is 0.312. The van der Waals surface area contributed by atoms with E-state index < -0.39 is 0 Å². The van der Waals surface area contributed by atoms with E-state index in [-0.39, 0.29) is 5.82 Å². The van der Waals surface area contributed by atoms with Crippen molar-refractivity contribution < 1.29 is 9.13 Å². The molecule has 1 aromatic heterocycles. The zero-order valence-electron chi connectivity index (χ0n) is 11.7. The van der Waals surface area contributed by atoms with Gasteiger partial charge in [0.15, 0.2) is 0 Å². The van der Waals surface area contributed by atoms with Crippen molar-refractivity contribution in [3.05, 3.63) is 51.9 Å². The van der Waals surface area contributed by atoms with Gasteiger partial charge in [0.05, 0.1) is 6.20 Å². The van der Waals surface area contributed by atoms with Crippen molar-refractivity contribution >= 4 is 15.9 Å².